The van der Waals surface area contributed by atoms with Gasteiger partial charge in [0.25, 0.3) is 0 Å². The van der Waals surface area contributed by atoms with Crippen LogP contribution in [0, 0.1) is 0 Å². The van der Waals surface area contributed by atoms with Crippen LogP contribution in [0.5, 0.6) is 5.75 Å². The normalized spacial score (nSPS) is 10.5. The zero-order valence-electron chi connectivity index (χ0n) is 8.75. The number of rotatable bonds is 4. The zero-order valence-corrected chi connectivity index (χ0v) is 11.8. The highest BCUT2D eigenvalue weighted by Crippen LogP contribution is 2.29. The van der Waals surface area contributed by atoms with Crippen LogP contribution in [0.15, 0.2) is 30.3 Å². The summed E-state index contributed by atoms with van der Waals surface area (Å²) in [7, 11) is 0. The average molecular weight is 308 g/mol. The van der Waals surface area contributed by atoms with E-state index >= 15 is 0 Å². The highest BCUT2D eigenvalue weighted by molar-refractivity contribution is 7.16. The van der Waals surface area contributed by atoms with Crippen molar-refractivity contribution < 1.29 is 4.74 Å². The molecule has 0 amide bonds. The van der Waals surface area contributed by atoms with Gasteiger partial charge in [0.15, 0.2) is 0 Å². The molecule has 0 N–H and O–H groups in total. The fraction of sp³-hybridized carbons (Fsp3) is 0.167. The summed E-state index contributed by atoms with van der Waals surface area (Å²) in [5.41, 5.74) is 0.818. The van der Waals surface area contributed by atoms with Crippen LogP contribution in [0.25, 0.3) is 0 Å². The third-order valence-corrected chi connectivity index (χ3v) is 4.03. The van der Waals surface area contributed by atoms with Crippen LogP contribution in [-0.4, -0.2) is 0 Å². The van der Waals surface area contributed by atoms with Crippen molar-refractivity contribution in [3.8, 4) is 5.75 Å². The third-order valence-electron chi connectivity index (χ3n) is 2.21. The van der Waals surface area contributed by atoms with Crippen LogP contribution in [0.1, 0.15) is 10.4 Å². The summed E-state index contributed by atoms with van der Waals surface area (Å²) >= 11 is 19.2. The maximum atomic E-state index is 6.03. The first-order valence-corrected chi connectivity index (χ1v) is 7.02. The minimum Gasteiger partial charge on any atom is -0.488 e. The number of alkyl halides is 1. The molecule has 17 heavy (non-hydrogen) atoms. The van der Waals surface area contributed by atoms with Gasteiger partial charge in [0.2, 0.25) is 0 Å². The third kappa shape index (κ3) is 3.29. The molecule has 0 radical (unpaired) electrons. The molecule has 0 aliphatic heterocycles. The number of benzene rings is 1. The number of hydrogen-bond donors (Lipinski definition) is 0. The minimum absolute atomic E-state index is 0.334. The topological polar surface area (TPSA) is 9.23 Å². The Bertz CT molecular complexity index is 510. The molecule has 0 spiro atoms. The fourth-order valence-electron chi connectivity index (χ4n) is 1.38. The van der Waals surface area contributed by atoms with E-state index in [-0.39, 0.29) is 0 Å². The van der Waals surface area contributed by atoms with E-state index in [1.807, 2.05) is 24.3 Å². The Hall–Kier alpha value is -0.410. The highest BCUT2D eigenvalue weighted by Gasteiger charge is 2.07. The molecule has 0 atom stereocenters. The minimum atomic E-state index is 0.334. The maximum Gasteiger partial charge on any atom is 0.125 e. The summed E-state index contributed by atoms with van der Waals surface area (Å²) < 4.78 is 6.45. The van der Waals surface area contributed by atoms with Gasteiger partial charge in [0, 0.05) is 15.5 Å². The Morgan fingerprint density at radius 2 is 1.94 bits per heavy atom. The lowest BCUT2D eigenvalue weighted by atomic mass is 10.2. The van der Waals surface area contributed by atoms with Gasteiger partial charge >= 0.3 is 0 Å². The summed E-state index contributed by atoms with van der Waals surface area (Å²) in [5.74, 6) is 1.05. The van der Waals surface area contributed by atoms with Crippen LogP contribution >= 0.6 is 46.1 Å². The molecule has 0 fully saturated rings. The van der Waals surface area contributed by atoms with Gasteiger partial charge in [0.05, 0.1) is 10.2 Å². The summed E-state index contributed by atoms with van der Waals surface area (Å²) in [6.45, 7) is 0.474. The van der Waals surface area contributed by atoms with E-state index in [4.69, 9.17) is 39.5 Å². The SMILES string of the molecule is ClCc1c(Cl)cccc1OCc1ccc(Cl)s1. The van der Waals surface area contributed by atoms with E-state index in [2.05, 4.69) is 0 Å². The molecule has 2 aromatic rings. The molecule has 0 saturated heterocycles. The largest absolute Gasteiger partial charge is 0.488 e. The lowest BCUT2D eigenvalue weighted by Crippen LogP contribution is -1.96. The van der Waals surface area contributed by atoms with Gasteiger partial charge in [-0.3, -0.25) is 0 Å². The van der Waals surface area contributed by atoms with Gasteiger partial charge in [-0.25, -0.2) is 0 Å². The van der Waals surface area contributed by atoms with Crippen LogP contribution < -0.4 is 4.74 Å². The molecule has 90 valence electrons. The van der Waals surface area contributed by atoms with E-state index < -0.39 is 0 Å². The van der Waals surface area contributed by atoms with Crippen molar-refractivity contribution in [2.24, 2.45) is 0 Å². The first-order chi connectivity index (χ1) is 8.20. The molecule has 0 aliphatic rings. The predicted octanol–water partition coefficient (Wildman–Crippen LogP) is 5.37. The van der Waals surface area contributed by atoms with Gasteiger partial charge in [-0.1, -0.05) is 29.3 Å². The molecule has 1 nitrogen and oxygen atoms in total. The first-order valence-electron chi connectivity index (χ1n) is 4.91. The Kier molecular flexibility index (Phi) is 4.57. The fourth-order valence-corrected chi connectivity index (χ4v) is 2.96. The standard InChI is InChI=1S/C12H9Cl3OS/c13-6-9-10(14)2-1-3-11(9)16-7-8-4-5-12(15)17-8/h1-5H,6-7H2. The average Bonchev–Trinajstić information content (AvgIpc) is 2.72. The summed E-state index contributed by atoms with van der Waals surface area (Å²) in [4.78, 5) is 1.07. The first kappa shape index (κ1) is 13.0. The Morgan fingerprint density at radius 3 is 2.59 bits per heavy atom. The number of hydrogen-bond acceptors (Lipinski definition) is 2. The summed E-state index contributed by atoms with van der Waals surface area (Å²) in [5, 5.41) is 0.627. The van der Waals surface area contributed by atoms with Crippen molar-refractivity contribution in [1.82, 2.24) is 0 Å². The molecular formula is C12H9Cl3OS. The van der Waals surface area contributed by atoms with Crippen molar-refractivity contribution in [3.63, 3.8) is 0 Å². The lowest BCUT2D eigenvalue weighted by molar-refractivity contribution is 0.307. The Labute approximate surface area is 119 Å². The van der Waals surface area contributed by atoms with Crippen LogP contribution in [0.2, 0.25) is 9.36 Å². The van der Waals surface area contributed by atoms with E-state index in [1.54, 1.807) is 6.07 Å². The van der Waals surface area contributed by atoms with E-state index in [0.717, 1.165) is 20.5 Å². The van der Waals surface area contributed by atoms with Crippen LogP contribution in [0.4, 0.5) is 0 Å². The van der Waals surface area contributed by atoms with E-state index in [9.17, 15) is 0 Å². The van der Waals surface area contributed by atoms with Crippen molar-refractivity contribution in [1.29, 1.82) is 0 Å². The Balaban J connectivity index is 2.11. The van der Waals surface area contributed by atoms with Gasteiger partial charge < -0.3 is 4.74 Å². The number of thiophene rings is 1. The van der Waals surface area contributed by atoms with Crippen molar-refractivity contribution in [3.05, 3.63) is 50.1 Å². The second kappa shape index (κ2) is 5.96. The second-order valence-electron chi connectivity index (χ2n) is 3.34. The Morgan fingerprint density at radius 1 is 1.12 bits per heavy atom. The molecule has 0 bridgehead atoms. The number of ether oxygens (including phenoxy) is 1. The van der Waals surface area contributed by atoms with Gasteiger partial charge in [-0.05, 0) is 24.3 Å². The van der Waals surface area contributed by atoms with Gasteiger partial charge in [0.1, 0.15) is 12.4 Å². The van der Waals surface area contributed by atoms with E-state index in [0.29, 0.717) is 17.5 Å². The molecule has 1 heterocycles. The molecule has 0 aliphatic carbocycles. The van der Waals surface area contributed by atoms with Crippen LogP contribution in [0.3, 0.4) is 0 Å². The molecule has 0 unspecified atom stereocenters. The molecule has 0 saturated carbocycles. The maximum absolute atomic E-state index is 6.03. The van der Waals surface area contributed by atoms with Crippen molar-refractivity contribution >= 4 is 46.1 Å². The molecule has 1 aromatic heterocycles. The van der Waals surface area contributed by atoms with Crippen molar-refractivity contribution in [2.45, 2.75) is 12.5 Å². The monoisotopic (exact) mass is 306 g/mol. The second-order valence-corrected chi connectivity index (χ2v) is 5.82. The van der Waals surface area contributed by atoms with Crippen LogP contribution in [-0.2, 0) is 12.5 Å². The molecule has 1 aromatic carbocycles. The molecule has 5 heteroatoms. The predicted molar refractivity (Wildman–Crippen MR) is 74.7 cm³/mol. The van der Waals surface area contributed by atoms with Crippen molar-refractivity contribution in [2.75, 3.05) is 0 Å². The quantitative estimate of drug-likeness (QED) is 0.690. The summed E-state index contributed by atoms with van der Waals surface area (Å²) in [6.07, 6.45) is 0. The van der Waals surface area contributed by atoms with E-state index in [1.165, 1.54) is 11.3 Å². The summed E-state index contributed by atoms with van der Waals surface area (Å²) in [6, 6.07) is 9.30. The number of halogens is 3. The van der Waals surface area contributed by atoms with Gasteiger partial charge in [-0.15, -0.1) is 22.9 Å². The highest BCUT2D eigenvalue weighted by atomic mass is 35.5. The van der Waals surface area contributed by atoms with Gasteiger partial charge in [-0.2, -0.15) is 0 Å². The lowest BCUT2D eigenvalue weighted by Gasteiger charge is -2.10. The molecular weight excluding hydrogens is 299 g/mol. The smallest absolute Gasteiger partial charge is 0.125 e. The zero-order chi connectivity index (χ0) is 12.3. The molecule has 2 rings (SSSR count).